The number of hydrogen-bond acceptors (Lipinski definition) is 4. The van der Waals surface area contributed by atoms with Crippen molar-refractivity contribution in [1.29, 1.82) is 0 Å². The number of piperidine rings is 1. The summed E-state index contributed by atoms with van der Waals surface area (Å²) in [5.41, 5.74) is 1.12. The number of hydrogen-bond donors (Lipinski definition) is 1. The topological polar surface area (TPSA) is 41.9 Å². The first kappa shape index (κ1) is 16.4. The summed E-state index contributed by atoms with van der Waals surface area (Å²) in [6, 6.07) is 3.91. The van der Waals surface area contributed by atoms with Crippen molar-refractivity contribution in [2.45, 2.75) is 32.4 Å². The molecule has 1 fully saturated rings. The van der Waals surface area contributed by atoms with Gasteiger partial charge in [-0.2, -0.15) is 0 Å². The first-order valence-electron chi connectivity index (χ1n) is 7.36. The Morgan fingerprint density at radius 2 is 1.95 bits per heavy atom. The highest BCUT2D eigenvalue weighted by atomic mass is 35.5. The molecular formula is C16H24ClNO3. The molecule has 0 bridgehead atoms. The molecule has 0 radical (unpaired) electrons. The molecule has 4 nitrogen and oxygen atoms in total. The molecule has 0 saturated carbocycles. The van der Waals surface area contributed by atoms with Gasteiger partial charge in [0.15, 0.2) is 11.5 Å². The molecule has 21 heavy (non-hydrogen) atoms. The van der Waals surface area contributed by atoms with Crippen molar-refractivity contribution in [3.05, 3.63) is 22.7 Å². The van der Waals surface area contributed by atoms with E-state index in [4.69, 9.17) is 21.1 Å². The third kappa shape index (κ3) is 4.02. The van der Waals surface area contributed by atoms with E-state index in [2.05, 4.69) is 4.90 Å². The van der Waals surface area contributed by atoms with Crippen LogP contribution in [0.4, 0.5) is 0 Å². The van der Waals surface area contributed by atoms with Gasteiger partial charge in [0.1, 0.15) is 0 Å². The van der Waals surface area contributed by atoms with Crippen LogP contribution in [0.1, 0.15) is 25.3 Å². The van der Waals surface area contributed by atoms with Crippen LogP contribution in [0.2, 0.25) is 5.02 Å². The zero-order valence-electron chi connectivity index (χ0n) is 12.9. The smallest absolute Gasteiger partial charge is 0.179 e. The van der Waals surface area contributed by atoms with Gasteiger partial charge in [-0.25, -0.2) is 0 Å². The minimum Gasteiger partial charge on any atom is -0.493 e. The first-order chi connectivity index (χ1) is 10.0. The largest absolute Gasteiger partial charge is 0.493 e. The Morgan fingerprint density at radius 3 is 2.48 bits per heavy atom. The number of likely N-dealkylation sites (tertiary alicyclic amines) is 1. The Kier molecular flexibility index (Phi) is 5.73. The summed E-state index contributed by atoms with van der Waals surface area (Å²) in [6.07, 6.45) is 1.87. The van der Waals surface area contributed by atoms with Crippen molar-refractivity contribution < 1.29 is 14.6 Å². The van der Waals surface area contributed by atoms with E-state index in [0.717, 1.165) is 38.0 Å². The Morgan fingerprint density at radius 1 is 1.29 bits per heavy atom. The van der Waals surface area contributed by atoms with Crippen molar-refractivity contribution in [2.24, 2.45) is 5.92 Å². The van der Waals surface area contributed by atoms with Crippen LogP contribution >= 0.6 is 11.6 Å². The molecule has 118 valence electrons. The number of aliphatic hydroxyl groups is 1. The number of benzene rings is 1. The van der Waals surface area contributed by atoms with Gasteiger partial charge in [0, 0.05) is 6.54 Å². The summed E-state index contributed by atoms with van der Waals surface area (Å²) in [5, 5.41) is 10.2. The summed E-state index contributed by atoms with van der Waals surface area (Å²) in [6.45, 7) is 4.73. The van der Waals surface area contributed by atoms with Gasteiger partial charge < -0.3 is 14.6 Å². The number of rotatable bonds is 5. The van der Waals surface area contributed by atoms with Gasteiger partial charge in [-0.1, -0.05) is 11.6 Å². The maximum Gasteiger partial charge on any atom is 0.179 e. The Balaban J connectivity index is 2.02. The average Bonchev–Trinajstić information content (AvgIpc) is 2.47. The molecule has 0 spiro atoms. The van der Waals surface area contributed by atoms with E-state index in [1.165, 1.54) is 0 Å². The van der Waals surface area contributed by atoms with Crippen LogP contribution in [-0.4, -0.2) is 43.4 Å². The van der Waals surface area contributed by atoms with Crippen LogP contribution in [0.5, 0.6) is 11.5 Å². The van der Waals surface area contributed by atoms with Gasteiger partial charge in [0.2, 0.25) is 0 Å². The third-order valence-corrected chi connectivity index (χ3v) is 4.49. The highest BCUT2D eigenvalue weighted by Crippen LogP contribution is 2.36. The standard InChI is InChI=1S/C16H24ClNO3/c1-11(19)13-4-6-18(7-5-13)10-12-8-14(17)16(21-3)15(9-12)20-2/h8-9,11,13,19H,4-7,10H2,1-3H3. The fourth-order valence-electron chi connectivity index (χ4n) is 2.91. The quantitative estimate of drug-likeness (QED) is 0.907. The molecule has 0 aliphatic carbocycles. The van der Waals surface area contributed by atoms with Gasteiger partial charge in [-0.15, -0.1) is 0 Å². The number of halogens is 1. The van der Waals surface area contributed by atoms with Crippen molar-refractivity contribution in [3.63, 3.8) is 0 Å². The van der Waals surface area contributed by atoms with Crippen LogP contribution in [0.15, 0.2) is 12.1 Å². The summed E-state index contributed by atoms with van der Waals surface area (Å²) < 4.78 is 10.6. The first-order valence-corrected chi connectivity index (χ1v) is 7.73. The van der Waals surface area contributed by atoms with Crippen LogP contribution in [0, 0.1) is 5.92 Å². The Bertz CT molecular complexity index is 471. The summed E-state index contributed by atoms with van der Waals surface area (Å²) in [4.78, 5) is 2.39. The van der Waals surface area contributed by atoms with Crippen LogP contribution < -0.4 is 9.47 Å². The molecule has 2 rings (SSSR count). The lowest BCUT2D eigenvalue weighted by Crippen LogP contribution is -2.36. The molecule has 1 aromatic carbocycles. The zero-order valence-corrected chi connectivity index (χ0v) is 13.7. The lowest BCUT2D eigenvalue weighted by atomic mass is 9.92. The van der Waals surface area contributed by atoms with Crippen LogP contribution in [-0.2, 0) is 6.54 Å². The SMILES string of the molecule is COc1cc(CN2CCC(C(C)O)CC2)cc(Cl)c1OC. The normalized spacial score (nSPS) is 18.5. The second-order valence-corrected chi connectivity index (χ2v) is 6.07. The molecule has 0 amide bonds. The molecule has 5 heteroatoms. The van der Waals surface area contributed by atoms with E-state index >= 15 is 0 Å². The fraction of sp³-hybridized carbons (Fsp3) is 0.625. The molecule has 1 aromatic rings. The molecule has 1 heterocycles. The van der Waals surface area contributed by atoms with E-state index in [1.54, 1.807) is 14.2 Å². The molecule has 1 unspecified atom stereocenters. The molecular weight excluding hydrogens is 290 g/mol. The zero-order chi connectivity index (χ0) is 15.4. The van der Waals surface area contributed by atoms with E-state index in [9.17, 15) is 5.11 Å². The Hall–Kier alpha value is -0.970. The van der Waals surface area contributed by atoms with Crippen molar-refractivity contribution >= 4 is 11.6 Å². The number of aliphatic hydroxyl groups excluding tert-OH is 1. The van der Waals surface area contributed by atoms with Gasteiger partial charge in [-0.05, 0) is 56.5 Å². The molecule has 1 aliphatic rings. The summed E-state index contributed by atoms with van der Waals surface area (Å²) in [5.74, 6) is 1.67. The lowest BCUT2D eigenvalue weighted by molar-refractivity contribution is 0.0695. The highest BCUT2D eigenvalue weighted by Gasteiger charge is 2.23. The minimum absolute atomic E-state index is 0.206. The van der Waals surface area contributed by atoms with Gasteiger partial charge in [0.05, 0.1) is 25.3 Å². The van der Waals surface area contributed by atoms with E-state index in [1.807, 2.05) is 19.1 Å². The molecule has 1 atom stereocenters. The number of ether oxygens (including phenoxy) is 2. The third-order valence-electron chi connectivity index (χ3n) is 4.21. The predicted octanol–water partition coefficient (Wildman–Crippen LogP) is 2.95. The van der Waals surface area contributed by atoms with Crippen molar-refractivity contribution in [3.8, 4) is 11.5 Å². The maximum atomic E-state index is 9.65. The fourth-order valence-corrected chi connectivity index (χ4v) is 3.22. The van der Waals surface area contributed by atoms with Gasteiger partial charge in [-0.3, -0.25) is 4.90 Å². The maximum absolute atomic E-state index is 9.65. The number of methoxy groups -OCH3 is 2. The second-order valence-electron chi connectivity index (χ2n) is 5.67. The van der Waals surface area contributed by atoms with Crippen molar-refractivity contribution in [2.75, 3.05) is 27.3 Å². The monoisotopic (exact) mass is 313 g/mol. The van der Waals surface area contributed by atoms with E-state index < -0.39 is 0 Å². The van der Waals surface area contributed by atoms with Crippen LogP contribution in [0.25, 0.3) is 0 Å². The Labute approximate surface area is 131 Å². The number of nitrogens with zero attached hydrogens (tertiary/aromatic N) is 1. The molecule has 0 aromatic heterocycles. The highest BCUT2D eigenvalue weighted by molar-refractivity contribution is 6.32. The molecule has 1 aliphatic heterocycles. The minimum atomic E-state index is -0.206. The van der Waals surface area contributed by atoms with Crippen LogP contribution in [0.3, 0.4) is 0 Å². The summed E-state index contributed by atoms with van der Waals surface area (Å²) in [7, 11) is 3.20. The van der Waals surface area contributed by atoms with Gasteiger partial charge >= 0.3 is 0 Å². The average molecular weight is 314 g/mol. The molecule has 1 saturated heterocycles. The van der Waals surface area contributed by atoms with Crippen molar-refractivity contribution in [1.82, 2.24) is 4.90 Å². The lowest BCUT2D eigenvalue weighted by Gasteiger charge is -2.33. The van der Waals surface area contributed by atoms with E-state index in [-0.39, 0.29) is 6.10 Å². The second kappa shape index (κ2) is 7.34. The summed E-state index contributed by atoms with van der Waals surface area (Å²) >= 11 is 6.24. The predicted molar refractivity (Wildman–Crippen MR) is 84.2 cm³/mol. The van der Waals surface area contributed by atoms with Gasteiger partial charge in [0.25, 0.3) is 0 Å². The molecule has 1 N–H and O–H groups in total. The van der Waals surface area contributed by atoms with E-state index in [0.29, 0.717) is 22.4 Å².